The second-order valence-corrected chi connectivity index (χ2v) is 2.91. The summed E-state index contributed by atoms with van der Waals surface area (Å²) >= 11 is 0. The first-order valence-corrected chi connectivity index (χ1v) is 4.55. The molecule has 0 aliphatic carbocycles. The minimum atomic E-state index is -0.483. The molecule has 0 radical (unpaired) electrons. The number of hydrogen-bond acceptors (Lipinski definition) is 4. The third-order valence-electron chi connectivity index (χ3n) is 1.67. The second kappa shape index (κ2) is 5.79. The zero-order valence-electron chi connectivity index (χ0n) is 8.12. The Morgan fingerprint density at radius 2 is 1.93 bits per heavy atom. The normalized spacial score (nSPS) is 21.5. The number of ether oxygens (including phenoxy) is 1. The van der Waals surface area contributed by atoms with E-state index < -0.39 is 11.9 Å². The highest BCUT2D eigenvalue weighted by Gasteiger charge is 2.07. The Bertz CT molecular complexity index is 298. The molecule has 2 N–H and O–H groups in total. The minimum Gasteiger partial charge on any atom is -0.464 e. The SMILES string of the molecule is O=C1/C=C/CCOC(=O)CNC(=O)CN1. The summed E-state index contributed by atoms with van der Waals surface area (Å²) in [4.78, 5) is 33.0. The monoisotopic (exact) mass is 212 g/mol. The molecule has 0 fully saturated rings. The first kappa shape index (κ1) is 11.2. The zero-order chi connectivity index (χ0) is 11.1. The van der Waals surface area contributed by atoms with Crippen LogP contribution < -0.4 is 10.6 Å². The minimum absolute atomic E-state index is 0.142. The predicted octanol–water partition coefficient (Wildman–Crippen LogP) is -1.28. The van der Waals surface area contributed by atoms with Gasteiger partial charge in [0.1, 0.15) is 6.54 Å². The standard InChI is InChI=1S/C9H12N2O4/c12-7-3-1-2-4-15-9(14)6-11-8(13)5-10-7/h1,3H,2,4-6H2,(H,10,12)(H,11,13)/b3-1+. The molecule has 0 aromatic carbocycles. The van der Waals surface area contributed by atoms with Gasteiger partial charge in [-0.2, -0.15) is 0 Å². The lowest BCUT2D eigenvalue weighted by Crippen LogP contribution is -2.39. The Hall–Kier alpha value is -1.85. The van der Waals surface area contributed by atoms with Gasteiger partial charge in [0.25, 0.3) is 0 Å². The molecule has 0 atom stereocenters. The molecular formula is C9H12N2O4. The van der Waals surface area contributed by atoms with E-state index in [2.05, 4.69) is 10.6 Å². The van der Waals surface area contributed by atoms with Crippen LogP contribution in [-0.4, -0.2) is 37.5 Å². The van der Waals surface area contributed by atoms with Gasteiger partial charge in [-0.25, -0.2) is 0 Å². The molecule has 0 aromatic heterocycles. The van der Waals surface area contributed by atoms with Crippen molar-refractivity contribution in [1.82, 2.24) is 10.6 Å². The number of rotatable bonds is 0. The molecule has 1 aliphatic heterocycles. The van der Waals surface area contributed by atoms with Crippen LogP contribution in [0.3, 0.4) is 0 Å². The highest BCUT2D eigenvalue weighted by atomic mass is 16.5. The van der Waals surface area contributed by atoms with Crippen LogP contribution in [0.25, 0.3) is 0 Å². The number of carbonyl (C=O) groups is 3. The zero-order valence-corrected chi connectivity index (χ0v) is 8.12. The van der Waals surface area contributed by atoms with Gasteiger partial charge < -0.3 is 15.4 Å². The molecule has 1 rings (SSSR count). The fourth-order valence-electron chi connectivity index (χ4n) is 0.942. The maximum absolute atomic E-state index is 11.0. The van der Waals surface area contributed by atoms with Gasteiger partial charge in [-0.15, -0.1) is 0 Å². The third kappa shape index (κ3) is 4.80. The van der Waals surface area contributed by atoms with Gasteiger partial charge >= 0.3 is 5.97 Å². The lowest BCUT2D eigenvalue weighted by molar-refractivity contribution is -0.143. The summed E-state index contributed by atoms with van der Waals surface area (Å²) in [6, 6.07) is 0. The second-order valence-electron chi connectivity index (χ2n) is 2.91. The maximum Gasteiger partial charge on any atom is 0.325 e. The molecule has 1 aliphatic rings. The summed E-state index contributed by atoms with van der Waals surface area (Å²) in [6.45, 7) is -0.104. The van der Waals surface area contributed by atoms with Crippen molar-refractivity contribution in [2.75, 3.05) is 19.7 Å². The first-order valence-electron chi connectivity index (χ1n) is 4.55. The van der Waals surface area contributed by atoms with Crippen LogP contribution >= 0.6 is 0 Å². The highest BCUT2D eigenvalue weighted by Crippen LogP contribution is 1.87. The van der Waals surface area contributed by atoms with Crippen LogP contribution in [0.4, 0.5) is 0 Å². The number of hydrogen-bond donors (Lipinski definition) is 2. The van der Waals surface area contributed by atoms with Crippen molar-refractivity contribution in [1.29, 1.82) is 0 Å². The Balaban J connectivity index is 2.51. The van der Waals surface area contributed by atoms with Gasteiger partial charge in [0.2, 0.25) is 11.8 Å². The number of cyclic esters (lactones) is 1. The van der Waals surface area contributed by atoms with Crippen LogP contribution in [0.5, 0.6) is 0 Å². The molecule has 15 heavy (non-hydrogen) atoms. The number of carbonyl (C=O) groups excluding carboxylic acids is 3. The summed E-state index contributed by atoms with van der Waals surface area (Å²) < 4.78 is 4.76. The van der Waals surface area contributed by atoms with Crippen molar-refractivity contribution in [3.05, 3.63) is 12.2 Å². The lowest BCUT2D eigenvalue weighted by atomic mass is 10.3. The Morgan fingerprint density at radius 3 is 2.73 bits per heavy atom. The van der Waals surface area contributed by atoms with Gasteiger partial charge in [-0.1, -0.05) is 6.08 Å². The van der Waals surface area contributed by atoms with Crippen molar-refractivity contribution in [3.63, 3.8) is 0 Å². The van der Waals surface area contributed by atoms with Crippen molar-refractivity contribution >= 4 is 17.8 Å². The van der Waals surface area contributed by atoms with Crippen LogP contribution in [-0.2, 0) is 19.1 Å². The lowest BCUT2D eigenvalue weighted by Gasteiger charge is -2.07. The van der Waals surface area contributed by atoms with Gasteiger partial charge in [-0.3, -0.25) is 14.4 Å². The fourth-order valence-corrected chi connectivity index (χ4v) is 0.942. The molecule has 0 bridgehead atoms. The molecule has 6 heteroatoms. The van der Waals surface area contributed by atoms with Crippen LogP contribution in [0.1, 0.15) is 6.42 Å². The van der Waals surface area contributed by atoms with Gasteiger partial charge in [-0.05, 0) is 6.08 Å². The largest absolute Gasteiger partial charge is 0.464 e. The molecule has 6 nitrogen and oxygen atoms in total. The maximum atomic E-state index is 11.0. The summed E-state index contributed by atoms with van der Waals surface area (Å²) in [5, 5.41) is 4.69. The average molecular weight is 212 g/mol. The first-order chi connectivity index (χ1) is 7.18. The van der Waals surface area contributed by atoms with E-state index in [1.165, 1.54) is 6.08 Å². The average Bonchev–Trinajstić information content (AvgIpc) is 2.21. The highest BCUT2D eigenvalue weighted by molar-refractivity contribution is 5.91. The van der Waals surface area contributed by atoms with E-state index in [0.717, 1.165) is 0 Å². The van der Waals surface area contributed by atoms with Crippen molar-refractivity contribution in [2.45, 2.75) is 6.42 Å². The van der Waals surface area contributed by atoms with E-state index in [1.54, 1.807) is 6.08 Å². The molecule has 0 saturated heterocycles. The van der Waals surface area contributed by atoms with E-state index >= 15 is 0 Å². The van der Waals surface area contributed by atoms with E-state index in [4.69, 9.17) is 4.74 Å². The van der Waals surface area contributed by atoms with Crippen LogP contribution in [0, 0.1) is 0 Å². The molecule has 0 spiro atoms. The van der Waals surface area contributed by atoms with Crippen LogP contribution in [0.15, 0.2) is 12.2 Å². The molecule has 1 heterocycles. The van der Waals surface area contributed by atoms with Crippen molar-refractivity contribution in [3.8, 4) is 0 Å². The third-order valence-corrected chi connectivity index (χ3v) is 1.67. The Morgan fingerprint density at radius 1 is 1.13 bits per heavy atom. The van der Waals surface area contributed by atoms with E-state index in [1.807, 2.05) is 0 Å². The predicted molar refractivity (Wildman–Crippen MR) is 50.7 cm³/mol. The molecule has 82 valence electrons. The van der Waals surface area contributed by atoms with E-state index in [9.17, 15) is 14.4 Å². The van der Waals surface area contributed by atoms with E-state index in [-0.39, 0.29) is 25.6 Å². The van der Waals surface area contributed by atoms with Crippen molar-refractivity contribution < 1.29 is 19.1 Å². The van der Waals surface area contributed by atoms with Crippen molar-refractivity contribution in [2.24, 2.45) is 0 Å². The summed E-state index contributed by atoms with van der Waals surface area (Å²) in [5.41, 5.74) is 0. The summed E-state index contributed by atoms with van der Waals surface area (Å²) in [5.74, 6) is -1.24. The fraction of sp³-hybridized carbons (Fsp3) is 0.444. The van der Waals surface area contributed by atoms with E-state index in [0.29, 0.717) is 6.42 Å². The quantitative estimate of drug-likeness (QED) is 0.490. The number of nitrogens with one attached hydrogen (secondary N) is 2. The number of amides is 2. The molecule has 2 amide bonds. The Labute approximate surface area is 86.7 Å². The van der Waals surface area contributed by atoms with Gasteiger partial charge in [0.05, 0.1) is 13.2 Å². The number of esters is 1. The van der Waals surface area contributed by atoms with Gasteiger partial charge in [0.15, 0.2) is 0 Å². The molecule has 0 unspecified atom stereocenters. The summed E-state index contributed by atoms with van der Waals surface area (Å²) in [7, 11) is 0. The molecular weight excluding hydrogens is 200 g/mol. The Kier molecular flexibility index (Phi) is 4.33. The summed E-state index contributed by atoms with van der Waals surface area (Å²) in [6.07, 6.45) is 3.37. The van der Waals surface area contributed by atoms with Crippen LogP contribution in [0.2, 0.25) is 0 Å². The molecule has 0 aromatic rings. The smallest absolute Gasteiger partial charge is 0.325 e. The topological polar surface area (TPSA) is 84.5 Å². The van der Waals surface area contributed by atoms with Gasteiger partial charge in [0, 0.05) is 6.42 Å². The molecule has 0 saturated carbocycles.